The molecule has 2 rings (SSSR count). The van der Waals surface area contributed by atoms with Crippen LogP contribution in [0.25, 0.3) is 0 Å². The monoisotopic (exact) mass is 319 g/mol. The number of ether oxygens (including phenoxy) is 1. The molecule has 6 heteroatoms. The molecule has 94 valence electrons. The highest BCUT2D eigenvalue weighted by Gasteiger charge is 2.21. The van der Waals surface area contributed by atoms with Crippen LogP contribution in [-0.2, 0) is 4.74 Å². The summed E-state index contributed by atoms with van der Waals surface area (Å²) in [6.45, 7) is 2.39. The molecule has 0 N–H and O–H groups in total. The van der Waals surface area contributed by atoms with Crippen LogP contribution in [0.3, 0.4) is 0 Å². The SMILES string of the molecule is CN(CCOCC1CC1)c1ncnc(Cl)c1Br. The molecule has 1 fully saturated rings. The molecule has 1 aromatic rings. The average molecular weight is 321 g/mol. The highest BCUT2D eigenvalue weighted by atomic mass is 79.9. The molecule has 1 aliphatic rings. The zero-order valence-corrected chi connectivity index (χ0v) is 12.0. The Morgan fingerprint density at radius 2 is 2.29 bits per heavy atom. The van der Waals surface area contributed by atoms with E-state index in [0.717, 1.165) is 29.4 Å². The van der Waals surface area contributed by atoms with E-state index in [1.54, 1.807) is 0 Å². The number of rotatable bonds is 6. The smallest absolute Gasteiger partial charge is 0.148 e. The van der Waals surface area contributed by atoms with Gasteiger partial charge in [-0.25, -0.2) is 9.97 Å². The molecular formula is C11H15BrClN3O. The zero-order valence-electron chi connectivity index (χ0n) is 9.70. The van der Waals surface area contributed by atoms with Gasteiger partial charge in [-0.05, 0) is 34.7 Å². The summed E-state index contributed by atoms with van der Waals surface area (Å²) in [4.78, 5) is 10.1. The fourth-order valence-corrected chi connectivity index (χ4v) is 2.08. The Morgan fingerprint density at radius 3 is 3.00 bits per heavy atom. The summed E-state index contributed by atoms with van der Waals surface area (Å²) in [5.41, 5.74) is 0. The first-order valence-corrected chi connectivity index (χ1v) is 6.80. The second kappa shape index (κ2) is 5.98. The lowest BCUT2D eigenvalue weighted by Gasteiger charge is -2.19. The van der Waals surface area contributed by atoms with Gasteiger partial charge < -0.3 is 9.64 Å². The minimum Gasteiger partial charge on any atom is -0.379 e. The lowest BCUT2D eigenvalue weighted by Crippen LogP contribution is -2.24. The molecule has 1 aliphatic carbocycles. The van der Waals surface area contributed by atoms with Gasteiger partial charge in [0.1, 0.15) is 17.3 Å². The van der Waals surface area contributed by atoms with Crippen molar-refractivity contribution < 1.29 is 4.74 Å². The Labute approximate surface area is 114 Å². The minimum atomic E-state index is 0.431. The molecule has 0 aliphatic heterocycles. The number of hydrogen-bond donors (Lipinski definition) is 0. The van der Waals surface area contributed by atoms with E-state index in [1.807, 2.05) is 11.9 Å². The van der Waals surface area contributed by atoms with E-state index in [9.17, 15) is 0 Å². The van der Waals surface area contributed by atoms with Crippen LogP contribution < -0.4 is 4.90 Å². The zero-order chi connectivity index (χ0) is 12.3. The molecule has 0 saturated heterocycles. The highest BCUT2D eigenvalue weighted by molar-refractivity contribution is 9.10. The van der Waals surface area contributed by atoms with Gasteiger partial charge in [-0.3, -0.25) is 0 Å². The van der Waals surface area contributed by atoms with Crippen molar-refractivity contribution in [3.63, 3.8) is 0 Å². The quantitative estimate of drug-likeness (QED) is 0.597. The number of anilines is 1. The van der Waals surface area contributed by atoms with E-state index < -0.39 is 0 Å². The summed E-state index contributed by atoms with van der Waals surface area (Å²) < 4.78 is 6.31. The first-order valence-electron chi connectivity index (χ1n) is 5.63. The summed E-state index contributed by atoms with van der Waals surface area (Å²) in [5.74, 6) is 1.60. The lowest BCUT2D eigenvalue weighted by molar-refractivity contribution is 0.130. The molecule has 0 spiro atoms. The molecule has 0 bridgehead atoms. The maximum Gasteiger partial charge on any atom is 0.148 e. The Kier molecular flexibility index (Phi) is 4.59. The van der Waals surface area contributed by atoms with Crippen LogP contribution in [0.2, 0.25) is 5.15 Å². The normalized spacial score (nSPS) is 15.0. The summed E-state index contributed by atoms with van der Waals surface area (Å²) in [7, 11) is 1.96. The molecule has 4 nitrogen and oxygen atoms in total. The molecule has 17 heavy (non-hydrogen) atoms. The van der Waals surface area contributed by atoms with E-state index in [2.05, 4.69) is 25.9 Å². The van der Waals surface area contributed by atoms with Crippen molar-refractivity contribution in [2.75, 3.05) is 31.7 Å². The Hall–Kier alpha value is -0.390. The minimum absolute atomic E-state index is 0.431. The molecule has 1 aromatic heterocycles. The fourth-order valence-electron chi connectivity index (χ4n) is 1.45. The van der Waals surface area contributed by atoms with Gasteiger partial charge in [0.2, 0.25) is 0 Å². The van der Waals surface area contributed by atoms with Gasteiger partial charge in [-0.2, -0.15) is 0 Å². The lowest BCUT2D eigenvalue weighted by atomic mass is 10.4. The molecule has 0 unspecified atom stereocenters. The highest BCUT2D eigenvalue weighted by Crippen LogP contribution is 2.29. The summed E-state index contributed by atoms with van der Waals surface area (Å²) in [6.07, 6.45) is 4.11. The van der Waals surface area contributed by atoms with E-state index in [-0.39, 0.29) is 0 Å². The van der Waals surface area contributed by atoms with Crippen molar-refractivity contribution in [3.8, 4) is 0 Å². The van der Waals surface area contributed by atoms with Crippen LogP contribution in [-0.4, -0.2) is 36.8 Å². The van der Waals surface area contributed by atoms with E-state index >= 15 is 0 Å². The van der Waals surface area contributed by atoms with Gasteiger partial charge >= 0.3 is 0 Å². The maximum absolute atomic E-state index is 5.91. The van der Waals surface area contributed by atoms with E-state index in [4.69, 9.17) is 16.3 Å². The summed E-state index contributed by atoms with van der Waals surface area (Å²) in [5, 5.41) is 0.431. The third-order valence-corrected chi connectivity index (χ3v) is 3.96. The average Bonchev–Trinajstić information content (AvgIpc) is 3.12. The van der Waals surface area contributed by atoms with Gasteiger partial charge in [0.15, 0.2) is 0 Å². The fraction of sp³-hybridized carbons (Fsp3) is 0.636. The van der Waals surface area contributed by atoms with Gasteiger partial charge in [0.25, 0.3) is 0 Å². The Morgan fingerprint density at radius 1 is 1.53 bits per heavy atom. The van der Waals surface area contributed by atoms with Gasteiger partial charge in [0.05, 0.1) is 11.1 Å². The summed E-state index contributed by atoms with van der Waals surface area (Å²) >= 11 is 9.30. The molecule has 0 amide bonds. The van der Waals surface area contributed by atoms with Crippen LogP contribution in [0.1, 0.15) is 12.8 Å². The second-order valence-corrected chi connectivity index (χ2v) is 5.39. The van der Waals surface area contributed by atoms with Crippen molar-refractivity contribution in [2.24, 2.45) is 5.92 Å². The Bertz CT molecular complexity index is 387. The van der Waals surface area contributed by atoms with Crippen molar-refractivity contribution >= 4 is 33.3 Å². The van der Waals surface area contributed by atoms with Gasteiger partial charge in [0, 0.05) is 20.2 Å². The predicted octanol–water partition coefficient (Wildman–Crippen LogP) is 2.76. The third-order valence-electron chi connectivity index (χ3n) is 2.71. The molecule has 0 atom stereocenters. The number of halogens is 2. The number of likely N-dealkylation sites (N-methyl/N-ethyl adjacent to an activating group) is 1. The van der Waals surface area contributed by atoms with Gasteiger partial charge in [-0.15, -0.1) is 0 Å². The molecule has 1 heterocycles. The van der Waals surface area contributed by atoms with Crippen molar-refractivity contribution in [2.45, 2.75) is 12.8 Å². The van der Waals surface area contributed by atoms with Crippen LogP contribution in [0.5, 0.6) is 0 Å². The van der Waals surface area contributed by atoms with Crippen LogP contribution in [0.4, 0.5) is 5.82 Å². The molecule has 1 saturated carbocycles. The first kappa shape index (κ1) is 13.1. The third kappa shape index (κ3) is 3.79. The van der Waals surface area contributed by atoms with Crippen molar-refractivity contribution in [1.29, 1.82) is 0 Å². The topological polar surface area (TPSA) is 38.2 Å². The maximum atomic E-state index is 5.91. The first-order chi connectivity index (χ1) is 8.18. The summed E-state index contributed by atoms with van der Waals surface area (Å²) in [6, 6.07) is 0. The van der Waals surface area contributed by atoms with Gasteiger partial charge in [-0.1, -0.05) is 11.6 Å². The van der Waals surface area contributed by atoms with Crippen molar-refractivity contribution in [1.82, 2.24) is 9.97 Å². The van der Waals surface area contributed by atoms with E-state index in [1.165, 1.54) is 19.2 Å². The predicted molar refractivity (Wildman–Crippen MR) is 71.6 cm³/mol. The Balaban J connectivity index is 1.81. The number of aromatic nitrogens is 2. The van der Waals surface area contributed by atoms with Crippen LogP contribution >= 0.6 is 27.5 Å². The molecule has 0 aromatic carbocycles. The van der Waals surface area contributed by atoms with Crippen LogP contribution in [0.15, 0.2) is 10.8 Å². The number of hydrogen-bond acceptors (Lipinski definition) is 4. The molecule has 0 radical (unpaired) electrons. The largest absolute Gasteiger partial charge is 0.379 e. The number of nitrogens with zero attached hydrogens (tertiary/aromatic N) is 3. The van der Waals surface area contributed by atoms with Crippen molar-refractivity contribution in [3.05, 3.63) is 16.0 Å². The molecular weight excluding hydrogens is 305 g/mol. The standard InChI is InChI=1S/C11H15BrClN3O/c1-16(4-5-17-6-8-2-3-8)11-9(12)10(13)14-7-15-11/h7-8H,2-6H2,1H3. The van der Waals surface area contributed by atoms with Crippen LogP contribution in [0, 0.1) is 5.92 Å². The van der Waals surface area contributed by atoms with E-state index in [0.29, 0.717) is 11.8 Å². The second-order valence-electron chi connectivity index (χ2n) is 4.24.